The average molecular weight is 264 g/mol. The molecule has 0 heterocycles. The highest BCUT2D eigenvalue weighted by Crippen LogP contribution is 2.23. The van der Waals surface area contributed by atoms with Crippen molar-refractivity contribution in [1.82, 2.24) is 0 Å². The summed E-state index contributed by atoms with van der Waals surface area (Å²) in [7, 11) is 0. The second kappa shape index (κ2) is 6.79. The minimum atomic E-state index is -0.718. The van der Waals surface area contributed by atoms with E-state index in [1.54, 1.807) is 0 Å². The Labute approximate surface area is 107 Å². The van der Waals surface area contributed by atoms with Crippen LogP contribution in [-0.2, 0) is 0 Å². The molecular weight excluding hydrogens is 245 g/mol. The van der Waals surface area contributed by atoms with Crippen molar-refractivity contribution in [3.63, 3.8) is 0 Å². The van der Waals surface area contributed by atoms with Crippen LogP contribution in [0.2, 0.25) is 0 Å². The molecule has 0 spiro atoms. The maximum atomic E-state index is 13.1. The molecule has 4 N–H and O–H groups in total. The Morgan fingerprint density at radius 3 is 2.41 bits per heavy atom. The Bertz CT molecular complexity index is 360. The van der Waals surface area contributed by atoms with Gasteiger partial charge in [-0.1, -0.05) is 19.9 Å². The molecule has 5 heteroatoms. The zero-order valence-electron chi connectivity index (χ0n) is 9.93. The number of aliphatic hydroxyl groups is 1. The largest absolute Gasteiger partial charge is 0.505 e. The molecule has 3 nitrogen and oxygen atoms in total. The van der Waals surface area contributed by atoms with Crippen LogP contribution in [0.15, 0.2) is 18.2 Å². The van der Waals surface area contributed by atoms with Gasteiger partial charge in [-0.2, -0.15) is 0 Å². The number of aromatic hydroxyl groups is 1. The Morgan fingerprint density at radius 1 is 1.35 bits per heavy atom. The SMILES string of the molecule is CC(C)C[C@H](O)[C@H](N)c1ccc(O)c(F)c1.Cl. The van der Waals surface area contributed by atoms with Crippen LogP contribution in [0.4, 0.5) is 4.39 Å². The van der Waals surface area contributed by atoms with Gasteiger partial charge in [-0.15, -0.1) is 12.4 Å². The lowest BCUT2D eigenvalue weighted by molar-refractivity contribution is 0.121. The van der Waals surface area contributed by atoms with Crippen LogP contribution in [0.25, 0.3) is 0 Å². The molecule has 0 unspecified atom stereocenters. The molecule has 17 heavy (non-hydrogen) atoms. The van der Waals surface area contributed by atoms with Gasteiger partial charge in [0.1, 0.15) is 0 Å². The molecular formula is C12H19ClFNO2. The van der Waals surface area contributed by atoms with E-state index < -0.39 is 23.7 Å². The van der Waals surface area contributed by atoms with E-state index in [0.29, 0.717) is 17.9 Å². The van der Waals surface area contributed by atoms with E-state index >= 15 is 0 Å². The number of hydrogen-bond acceptors (Lipinski definition) is 3. The third-order valence-corrected chi connectivity index (χ3v) is 2.48. The maximum absolute atomic E-state index is 13.1. The number of phenolic OH excluding ortho intramolecular Hbond substituents is 1. The maximum Gasteiger partial charge on any atom is 0.165 e. The van der Waals surface area contributed by atoms with Gasteiger partial charge in [0.15, 0.2) is 11.6 Å². The third kappa shape index (κ3) is 4.50. The Kier molecular flexibility index (Phi) is 6.45. The van der Waals surface area contributed by atoms with Crippen LogP contribution in [0.3, 0.4) is 0 Å². The van der Waals surface area contributed by atoms with E-state index in [1.807, 2.05) is 13.8 Å². The Balaban J connectivity index is 0.00000256. The summed E-state index contributed by atoms with van der Waals surface area (Å²) in [5.41, 5.74) is 6.30. The summed E-state index contributed by atoms with van der Waals surface area (Å²) in [5.74, 6) is -0.804. The van der Waals surface area contributed by atoms with Gasteiger partial charge in [0.05, 0.1) is 12.1 Å². The van der Waals surface area contributed by atoms with Crippen molar-refractivity contribution in [2.75, 3.05) is 0 Å². The minimum absolute atomic E-state index is 0. The summed E-state index contributed by atoms with van der Waals surface area (Å²) in [6, 6.07) is 3.29. The fraction of sp³-hybridized carbons (Fsp3) is 0.500. The molecule has 0 amide bonds. The first kappa shape index (κ1) is 16.2. The number of phenols is 1. The zero-order chi connectivity index (χ0) is 12.3. The standard InChI is InChI=1S/C12H18FNO2.ClH/c1-7(2)5-11(16)12(14)8-3-4-10(15)9(13)6-8;/h3-4,6-7,11-12,15-16H,5,14H2,1-2H3;1H/t11-,12+;/m0./s1. The van der Waals surface area contributed by atoms with Gasteiger partial charge < -0.3 is 15.9 Å². The number of rotatable bonds is 4. The summed E-state index contributed by atoms with van der Waals surface area (Å²) in [5, 5.41) is 18.8. The lowest BCUT2D eigenvalue weighted by Gasteiger charge is -2.20. The first-order valence-electron chi connectivity index (χ1n) is 5.34. The predicted molar refractivity (Wildman–Crippen MR) is 67.7 cm³/mol. The van der Waals surface area contributed by atoms with E-state index in [-0.39, 0.29) is 12.4 Å². The smallest absolute Gasteiger partial charge is 0.165 e. The molecule has 1 aromatic rings. The van der Waals surface area contributed by atoms with Crippen LogP contribution in [0.5, 0.6) is 5.75 Å². The molecule has 0 fully saturated rings. The molecule has 98 valence electrons. The molecule has 0 radical (unpaired) electrons. The predicted octanol–water partition coefficient (Wildman–Crippen LogP) is 2.36. The molecule has 0 aliphatic rings. The second-order valence-corrected chi connectivity index (χ2v) is 4.43. The number of hydrogen-bond donors (Lipinski definition) is 3. The summed E-state index contributed by atoms with van der Waals surface area (Å²) < 4.78 is 13.1. The average Bonchev–Trinajstić information content (AvgIpc) is 2.20. The zero-order valence-corrected chi connectivity index (χ0v) is 10.7. The molecule has 0 bridgehead atoms. The highest BCUT2D eigenvalue weighted by molar-refractivity contribution is 5.85. The number of halogens is 2. The van der Waals surface area contributed by atoms with E-state index in [9.17, 15) is 9.50 Å². The van der Waals surface area contributed by atoms with Crippen LogP contribution >= 0.6 is 12.4 Å². The number of benzene rings is 1. The van der Waals surface area contributed by atoms with Crippen LogP contribution in [-0.4, -0.2) is 16.3 Å². The van der Waals surface area contributed by atoms with E-state index in [2.05, 4.69) is 0 Å². The van der Waals surface area contributed by atoms with Gasteiger partial charge in [0.25, 0.3) is 0 Å². The third-order valence-electron chi connectivity index (χ3n) is 2.48. The van der Waals surface area contributed by atoms with Crippen LogP contribution in [0.1, 0.15) is 31.9 Å². The molecule has 1 rings (SSSR count). The van der Waals surface area contributed by atoms with Crippen molar-refractivity contribution in [3.8, 4) is 5.75 Å². The van der Waals surface area contributed by atoms with Crippen LogP contribution < -0.4 is 5.73 Å². The Morgan fingerprint density at radius 2 is 1.94 bits per heavy atom. The second-order valence-electron chi connectivity index (χ2n) is 4.43. The summed E-state index contributed by atoms with van der Waals surface area (Å²) >= 11 is 0. The van der Waals surface area contributed by atoms with Crippen molar-refractivity contribution < 1.29 is 14.6 Å². The van der Waals surface area contributed by atoms with E-state index in [1.165, 1.54) is 12.1 Å². The van der Waals surface area contributed by atoms with Crippen molar-refractivity contribution >= 4 is 12.4 Å². The summed E-state index contributed by atoms with van der Waals surface area (Å²) in [6.45, 7) is 3.96. The summed E-state index contributed by atoms with van der Waals surface area (Å²) in [4.78, 5) is 0. The fourth-order valence-corrected chi connectivity index (χ4v) is 1.58. The van der Waals surface area contributed by atoms with Gasteiger partial charge >= 0.3 is 0 Å². The van der Waals surface area contributed by atoms with Gasteiger partial charge in [-0.05, 0) is 30.0 Å². The van der Waals surface area contributed by atoms with Gasteiger partial charge in [-0.3, -0.25) is 0 Å². The molecule has 2 atom stereocenters. The summed E-state index contributed by atoms with van der Waals surface area (Å²) in [6.07, 6.45) is -0.145. The molecule has 0 saturated carbocycles. The molecule has 0 aliphatic heterocycles. The monoisotopic (exact) mass is 263 g/mol. The van der Waals surface area contributed by atoms with Crippen molar-refractivity contribution in [2.45, 2.75) is 32.4 Å². The number of nitrogens with two attached hydrogens (primary N) is 1. The minimum Gasteiger partial charge on any atom is -0.505 e. The lowest BCUT2D eigenvalue weighted by atomic mass is 9.95. The van der Waals surface area contributed by atoms with Crippen molar-refractivity contribution in [2.24, 2.45) is 11.7 Å². The van der Waals surface area contributed by atoms with E-state index in [0.717, 1.165) is 6.07 Å². The topological polar surface area (TPSA) is 66.5 Å². The highest BCUT2D eigenvalue weighted by atomic mass is 35.5. The van der Waals surface area contributed by atoms with Gasteiger partial charge in [-0.25, -0.2) is 4.39 Å². The van der Waals surface area contributed by atoms with Crippen LogP contribution in [0, 0.1) is 11.7 Å². The normalized spacial score (nSPS) is 14.2. The number of aliphatic hydroxyl groups excluding tert-OH is 1. The molecule has 0 saturated heterocycles. The molecule has 0 aliphatic carbocycles. The first-order valence-corrected chi connectivity index (χ1v) is 5.34. The lowest BCUT2D eigenvalue weighted by Crippen LogP contribution is -2.27. The fourth-order valence-electron chi connectivity index (χ4n) is 1.58. The quantitative estimate of drug-likeness (QED) is 0.781. The molecule has 1 aromatic carbocycles. The van der Waals surface area contributed by atoms with Crippen molar-refractivity contribution in [1.29, 1.82) is 0 Å². The van der Waals surface area contributed by atoms with Gasteiger partial charge in [0.2, 0.25) is 0 Å². The highest BCUT2D eigenvalue weighted by Gasteiger charge is 2.19. The van der Waals surface area contributed by atoms with E-state index in [4.69, 9.17) is 10.8 Å². The Hall–Kier alpha value is -0.840. The molecule has 0 aromatic heterocycles. The van der Waals surface area contributed by atoms with Gasteiger partial charge in [0, 0.05) is 0 Å². The first-order chi connectivity index (χ1) is 7.41. The van der Waals surface area contributed by atoms with Crippen molar-refractivity contribution in [3.05, 3.63) is 29.6 Å².